The minimum absolute atomic E-state index is 0.00552. The van der Waals surface area contributed by atoms with E-state index in [2.05, 4.69) is 5.32 Å². The first kappa shape index (κ1) is 15.9. The second-order valence-corrected chi connectivity index (χ2v) is 6.32. The van der Waals surface area contributed by atoms with Crippen molar-refractivity contribution in [2.24, 2.45) is 5.73 Å². The van der Waals surface area contributed by atoms with E-state index in [0.717, 1.165) is 25.1 Å². The third kappa shape index (κ3) is 5.06. The highest BCUT2D eigenvalue weighted by Crippen LogP contribution is 2.22. The van der Waals surface area contributed by atoms with E-state index < -0.39 is 0 Å². The van der Waals surface area contributed by atoms with E-state index in [1.807, 2.05) is 30.3 Å². The van der Waals surface area contributed by atoms with Gasteiger partial charge in [-0.25, -0.2) is 0 Å². The van der Waals surface area contributed by atoms with Crippen molar-refractivity contribution in [1.82, 2.24) is 4.90 Å². The van der Waals surface area contributed by atoms with Crippen molar-refractivity contribution in [2.75, 3.05) is 30.7 Å². The molecule has 114 valence electrons. The van der Waals surface area contributed by atoms with Gasteiger partial charge >= 0.3 is 0 Å². The Bertz CT molecular complexity index is 481. The Labute approximate surface area is 129 Å². The molecule has 2 rings (SSSR count). The number of piperidine rings is 1. The zero-order chi connectivity index (χ0) is 15.1. The minimum Gasteiger partial charge on any atom is -0.340 e. The van der Waals surface area contributed by atoms with Crippen LogP contribution in [-0.4, -0.2) is 47.4 Å². The Morgan fingerprint density at radius 3 is 2.81 bits per heavy atom. The van der Waals surface area contributed by atoms with Gasteiger partial charge in [-0.2, -0.15) is 0 Å². The standard InChI is InChI=1S/C15H21N3O2S/c16-9-15(20)18-8-4-7-13(10-18)21-11-14(19)17-12-5-2-1-3-6-12/h1-3,5-6,13H,4,7-11,16H2,(H,17,19). The molecule has 1 aromatic carbocycles. The molecule has 1 aromatic rings. The van der Waals surface area contributed by atoms with E-state index in [4.69, 9.17) is 5.73 Å². The second kappa shape index (κ2) is 8.05. The molecule has 1 unspecified atom stereocenters. The number of likely N-dealkylation sites (tertiary alicyclic amines) is 1. The van der Waals surface area contributed by atoms with Gasteiger partial charge in [0.15, 0.2) is 0 Å². The third-order valence-electron chi connectivity index (χ3n) is 3.41. The van der Waals surface area contributed by atoms with Gasteiger partial charge < -0.3 is 16.0 Å². The number of para-hydroxylation sites is 1. The summed E-state index contributed by atoms with van der Waals surface area (Å²) in [5.74, 6) is 0.395. The fourth-order valence-electron chi connectivity index (χ4n) is 2.34. The molecule has 0 spiro atoms. The van der Waals surface area contributed by atoms with Crippen LogP contribution in [0.4, 0.5) is 5.69 Å². The largest absolute Gasteiger partial charge is 0.340 e. The number of amides is 2. The maximum absolute atomic E-state index is 11.9. The molecule has 0 aliphatic carbocycles. The highest BCUT2D eigenvalue weighted by atomic mass is 32.2. The van der Waals surface area contributed by atoms with Crippen LogP contribution in [0.25, 0.3) is 0 Å². The first-order valence-electron chi connectivity index (χ1n) is 7.13. The third-order valence-corrected chi connectivity index (χ3v) is 4.70. The molecular weight excluding hydrogens is 286 g/mol. The molecule has 3 N–H and O–H groups in total. The Hall–Kier alpha value is -1.53. The van der Waals surface area contributed by atoms with Gasteiger partial charge in [0.25, 0.3) is 0 Å². The normalized spacial score (nSPS) is 18.3. The molecular formula is C15H21N3O2S. The molecule has 0 radical (unpaired) electrons. The van der Waals surface area contributed by atoms with E-state index >= 15 is 0 Å². The molecule has 1 saturated heterocycles. The van der Waals surface area contributed by atoms with Crippen LogP contribution in [0.3, 0.4) is 0 Å². The van der Waals surface area contributed by atoms with Crippen LogP contribution in [0.2, 0.25) is 0 Å². The lowest BCUT2D eigenvalue weighted by Crippen LogP contribution is -2.44. The van der Waals surface area contributed by atoms with E-state index in [9.17, 15) is 9.59 Å². The predicted molar refractivity (Wildman–Crippen MR) is 86.2 cm³/mol. The summed E-state index contributed by atoms with van der Waals surface area (Å²) in [6.07, 6.45) is 2.02. The fourth-order valence-corrected chi connectivity index (χ4v) is 3.42. The molecule has 1 aliphatic heterocycles. The first-order valence-corrected chi connectivity index (χ1v) is 8.18. The maximum atomic E-state index is 11.9. The SMILES string of the molecule is NCC(=O)N1CCCC(SCC(=O)Nc2ccccc2)C1. The Morgan fingerprint density at radius 1 is 1.33 bits per heavy atom. The predicted octanol–water partition coefficient (Wildman–Crippen LogP) is 1.31. The van der Waals surface area contributed by atoms with E-state index in [-0.39, 0.29) is 18.4 Å². The van der Waals surface area contributed by atoms with Crippen LogP contribution in [0.5, 0.6) is 0 Å². The maximum Gasteiger partial charge on any atom is 0.236 e. The molecule has 1 aliphatic rings. The van der Waals surface area contributed by atoms with Crippen molar-refractivity contribution in [1.29, 1.82) is 0 Å². The summed E-state index contributed by atoms with van der Waals surface area (Å²) in [7, 11) is 0. The molecule has 21 heavy (non-hydrogen) atoms. The zero-order valence-corrected chi connectivity index (χ0v) is 12.8. The molecule has 0 saturated carbocycles. The van der Waals surface area contributed by atoms with Crippen LogP contribution in [0.1, 0.15) is 12.8 Å². The molecule has 2 amide bonds. The van der Waals surface area contributed by atoms with E-state index in [0.29, 0.717) is 17.5 Å². The Kier molecular flexibility index (Phi) is 6.07. The highest BCUT2D eigenvalue weighted by Gasteiger charge is 2.23. The quantitative estimate of drug-likeness (QED) is 0.860. The summed E-state index contributed by atoms with van der Waals surface area (Å²) >= 11 is 1.61. The van der Waals surface area contributed by atoms with Crippen molar-refractivity contribution < 1.29 is 9.59 Å². The van der Waals surface area contributed by atoms with Gasteiger partial charge in [0, 0.05) is 24.0 Å². The number of benzene rings is 1. The number of anilines is 1. The number of nitrogens with two attached hydrogens (primary N) is 1. The van der Waals surface area contributed by atoms with Crippen LogP contribution in [0.15, 0.2) is 30.3 Å². The number of carbonyl (C=O) groups excluding carboxylic acids is 2. The summed E-state index contributed by atoms with van der Waals surface area (Å²) in [5.41, 5.74) is 6.21. The topological polar surface area (TPSA) is 75.4 Å². The molecule has 1 atom stereocenters. The summed E-state index contributed by atoms with van der Waals surface area (Å²) in [5, 5.41) is 3.18. The summed E-state index contributed by atoms with van der Waals surface area (Å²) in [6.45, 7) is 1.54. The Balaban J connectivity index is 1.75. The first-order chi connectivity index (χ1) is 10.2. The van der Waals surface area contributed by atoms with Crippen LogP contribution >= 0.6 is 11.8 Å². The van der Waals surface area contributed by atoms with Crippen LogP contribution in [0, 0.1) is 0 Å². The van der Waals surface area contributed by atoms with E-state index in [1.165, 1.54) is 0 Å². The lowest BCUT2D eigenvalue weighted by atomic mass is 10.1. The minimum atomic E-state index is -0.00604. The number of nitrogens with one attached hydrogen (secondary N) is 1. The summed E-state index contributed by atoms with van der Waals surface area (Å²) < 4.78 is 0. The van der Waals surface area contributed by atoms with Gasteiger partial charge in [0.05, 0.1) is 12.3 Å². The smallest absolute Gasteiger partial charge is 0.236 e. The Morgan fingerprint density at radius 2 is 2.10 bits per heavy atom. The van der Waals surface area contributed by atoms with Crippen molar-refractivity contribution >= 4 is 29.3 Å². The van der Waals surface area contributed by atoms with Crippen molar-refractivity contribution in [3.05, 3.63) is 30.3 Å². The summed E-state index contributed by atoms with van der Waals surface area (Å²) in [4.78, 5) is 25.3. The number of rotatable bonds is 5. The zero-order valence-electron chi connectivity index (χ0n) is 12.0. The molecule has 5 nitrogen and oxygen atoms in total. The molecule has 6 heteroatoms. The number of hydrogen-bond acceptors (Lipinski definition) is 4. The average molecular weight is 307 g/mol. The van der Waals surface area contributed by atoms with Gasteiger partial charge in [-0.15, -0.1) is 11.8 Å². The van der Waals surface area contributed by atoms with Crippen molar-refractivity contribution in [3.63, 3.8) is 0 Å². The van der Waals surface area contributed by atoms with Gasteiger partial charge in [-0.3, -0.25) is 9.59 Å². The van der Waals surface area contributed by atoms with E-state index in [1.54, 1.807) is 16.7 Å². The fraction of sp³-hybridized carbons (Fsp3) is 0.467. The lowest BCUT2D eigenvalue weighted by Gasteiger charge is -2.32. The van der Waals surface area contributed by atoms with Gasteiger partial charge in [-0.1, -0.05) is 18.2 Å². The van der Waals surface area contributed by atoms with Crippen LogP contribution < -0.4 is 11.1 Å². The van der Waals surface area contributed by atoms with Crippen LogP contribution in [-0.2, 0) is 9.59 Å². The number of hydrogen-bond donors (Lipinski definition) is 2. The molecule has 1 fully saturated rings. The van der Waals surface area contributed by atoms with Gasteiger partial charge in [-0.05, 0) is 25.0 Å². The average Bonchev–Trinajstić information content (AvgIpc) is 2.53. The number of thioether (sulfide) groups is 1. The van der Waals surface area contributed by atoms with Gasteiger partial charge in [0.2, 0.25) is 11.8 Å². The van der Waals surface area contributed by atoms with Crippen molar-refractivity contribution in [3.8, 4) is 0 Å². The molecule has 0 aromatic heterocycles. The highest BCUT2D eigenvalue weighted by molar-refractivity contribution is 8.00. The molecule has 0 bridgehead atoms. The van der Waals surface area contributed by atoms with Gasteiger partial charge in [0.1, 0.15) is 0 Å². The second-order valence-electron chi connectivity index (χ2n) is 5.03. The summed E-state index contributed by atoms with van der Waals surface area (Å²) in [6, 6.07) is 9.42. The monoisotopic (exact) mass is 307 g/mol. The number of carbonyl (C=O) groups is 2. The molecule has 1 heterocycles. The lowest BCUT2D eigenvalue weighted by molar-refractivity contribution is -0.130. The van der Waals surface area contributed by atoms with Crippen molar-refractivity contribution in [2.45, 2.75) is 18.1 Å². The number of nitrogens with zero attached hydrogens (tertiary/aromatic N) is 1.